The highest BCUT2D eigenvalue weighted by atomic mass is 15.2. The average molecular weight is 276 g/mol. The number of hydrogen-bond acceptors (Lipinski definition) is 4. The van der Waals surface area contributed by atoms with E-state index in [1.165, 1.54) is 24.2 Å². The highest BCUT2D eigenvalue weighted by molar-refractivity contribution is 5.43. The lowest BCUT2D eigenvalue weighted by Crippen LogP contribution is -2.29. The predicted molar refractivity (Wildman–Crippen MR) is 85.4 cm³/mol. The highest BCUT2D eigenvalue weighted by Crippen LogP contribution is 2.21. The van der Waals surface area contributed by atoms with Crippen molar-refractivity contribution >= 4 is 5.82 Å². The average Bonchev–Trinajstić information content (AvgIpc) is 2.63. The zero-order valence-electron chi connectivity index (χ0n) is 13.3. The van der Waals surface area contributed by atoms with Crippen LogP contribution in [0.1, 0.15) is 37.4 Å². The maximum Gasteiger partial charge on any atom is 0.129 e. The van der Waals surface area contributed by atoms with Gasteiger partial charge < -0.3 is 15.1 Å². The first kappa shape index (κ1) is 15.3. The SMILES string of the molecule is CNCc1cc(C(C)C)nc(N2CCCN(C)CC2)c1. The molecule has 4 heteroatoms. The largest absolute Gasteiger partial charge is 0.355 e. The Hall–Kier alpha value is -1.13. The molecule has 2 heterocycles. The Balaban J connectivity index is 2.24. The van der Waals surface area contributed by atoms with Gasteiger partial charge in [-0.2, -0.15) is 0 Å². The Morgan fingerprint density at radius 3 is 2.70 bits per heavy atom. The smallest absolute Gasteiger partial charge is 0.129 e. The lowest BCUT2D eigenvalue weighted by atomic mass is 10.1. The molecule has 2 rings (SSSR count). The summed E-state index contributed by atoms with van der Waals surface area (Å²) >= 11 is 0. The highest BCUT2D eigenvalue weighted by Gasteiger charge is 2.15. The van der Waals surface area contributed by atoms with E-state index in [1.807, 2.05) is 7.05 Å². The topological polar surface area (TPSA) is 31.4 Å². The van der Waals surface area contributed by atoms with Crippen molar-refractivity contribution in [3.63, 3.8) is 0 Å². The molecule has 1 N–H and O–H groups in total. The Morgan fingerprint density at radius 2 is 2.00 bits per heavy atom. The summed E-state index contributed by atoms with van der Waals surface area (Å²) in [5.41, 5.74) is 2.53. The van der Waals surface area contributed by atoms with Gasteiger partial charge in [-0.1, -0.05) is 13.8 Å². The van der Waals surface area contributed by atoms with Crippen molar-refractivity contribution < 1.29 is 0 Å². The van der Waals surface area contributed by atoms with E-state index >= 15 is 0 Å². The van der Waals surface area contributed by atoms with Crippen molar-refractivity contribution in [2.75, 3.05) is 45.2 Å². The minimum Gasteiger partial charge on any atom is -0.355 e. The number of pyridine rings is 1. The number of hydrogen-bond donors (Lipinski definition) is 1. The second kappa shape index (κ2) is 7.04. The van der Waals surface area contributed by atoms with Gasteiger partial charge in [-0.3, -0.25) is 0 Å². The van der Waals surface area contributed by atoms with E-state index in [4.69, 9.17) is 4.98 Å². The maximum atomic E-state index is 4.89. The third-order valence-corrected chi connectivity index (χ3v) is 3.91. The van der Waals surface area contributed by atoms with Crippen LogP contribution in [-0.2, 0) is 6.54 Å². The van der Waals surface area contributed by atoms with E-state index in [-0.39, 0.29) is 0 Å². The van der Waals surface area contributed by atoms with E-state index in [0.717, 1.165) is 32.0 Å². The second-order valence-corrected chi connectivity index (χ2v) is 6.09. The molecule has 1 aromatic heterocycles. The molecule has 0 aliphatic carbocycles. The number of nitrogens with zero attached hydrogens (tertiary/aromatic N) is 3. The fourth-order valence-corrected chi connectivity index (χ4v) is 2.63. The van der Waals surface area contributed by atoms with E-state index in [0.29, 0.717) is 5.92 Å². The lowest BCUT2D eigenvalue weighted by Gasteiger charge is -2.23. The van der Waals surface area contributed by atoms with Gasteiger partial charge in [0.05, 0.1) is 0 Å². The molecule has 0 saturated carbocycles. The fraction of sp³-hybridized carbons (Fsp3) is 0.688. The van der Waals surface area contributed by atoms with Gasteiger partial charge in [0.2, 0.25) is 0 Å². The number of anilines is 1. The van der Waals surface area contributed by atoms with Crippen LogP contribution in [0.5, 0.6) is 0 Å². The Labute approximate surface area is 123 Å². The summed E-state index contributed by atoms with van der Waals surface area (Å²) in [7, 11) is 4.20. The molecule has 1 aromatic rings. The maximum absolute atomic E-state index is 4.89. The molecule has 0 unspecified atom stereocenters. The van der Waals surface area contributed by atoms with Crippen molar-refractivity contribution in [3.05, 3.63) is 23.4 Å². The zero-order valence-corrected chi connectivity index (χ0v) is 13.3. The molecule has 0 amide bonds. The standard InChI is InChI=1S/C16H28N4/c1-13(2)15-10-14(12-17-3)11-16(18-15)20-7-5-6-19(4)8-9-20/h10-11,13,17H,5-9,12H2,1-4H3. The van der Waals surface area contributed by atoms with Gasteiger partial charge in [0.25, 0.3) is 0 Å². The van der Waals surface area contributed by atoms with Gasteiger partial charge in [-0.25, -0.2) is 4.98 Å². The zero-order chi connectivity index (χ0) is 14.5. The van der Waals surface area contributed by atoms with Crippen LogP contribution in [0.3, 0.4) is 0 Å². The molecule has 0 bridgehead atoms. The first-order valence-corrected chi connectivity index (χ1v) is 7.69. The molecular formula is C16H28N4. The summed E-state index contributed by atoms with van der Waals surface area (Å²) in [6.45, 7) is 9.82. The van der Waals surface area contributed by atoms with Crippen LogP contribution in [-0.4, -0.2) is 50.2 Å². The Bertz CT molecular complexity index is 430. The molecular weight excluding hydrogens is 248 g/mol. The van der Waals surface area contributed by atoms with Crippen LogP contribution in [0.25, 0.3) is 0 Å². The number of nitrogens with one attached hydrogen (secondary N) is 1. The van der Waals surface area contributed by atoms with E-state index < -0.39 is 0 Å². The molecule has 1 aliphatic rings. The quantitative estimate of drug-likeness (QED) is 0.912. The fourth-order valence-electron chi connectivity index (χ4n) is 2.63. The summed E-state index contributed by atoms with van der Waals surface area (Å²) in [4.78, 5) is 9.73. The second-order valence-electron chi connectivity index (χ2n) is 6.09. The molecule has 1 aliphatic heterocycles. The third-order valence-electron chi connectivity index (χ3n) is 3.91. The van der Waals surface area contributed by atoms with Crippen molar-refractivity contribution in [2.45, 2.75) is 32.7 Å². The molecule has 1 saturated heterocycles. The monoisotopic (exact) mass is 276 g/mol. The minimum absolute atomic E-state index is 0.472. The van der Waals surface area contributed by atoms with Gasteiger partial charge in [0.1, 0.15) is 5.82 Å². The Morgan fingerprint density at radius 1 is 1.20 bits per heavy atom. The molecule has 0 aromatic carbocycles. The lowest BCUT2D eigenvalue weighted by molar-refractivity contribution is 0.360. The van der Waals surface area contributed by atoms with E-state index in [9.17, 15) is 0 Å². The normalized spacial score (nSPS) is 17.6. The molecule has 0 atom stereocenters. The number of likely N-dealkylation sites (N-methyl/N-ethyl adjacent to an activating group) is 1. The van der Waals surface area contributed by atoms with Gasteiger partial charge in [-0.05, 0) is 50.7 Å². The first-order valence-electron chi connectivity index (χ1n) is 7.69. The van der Waals surface area contributed by atoms with Crippen LogP contribution in [0, 0.1) is 0 Å². The van der Waals surface area contributed by atoms with Crippen LogP contribution in [0.2, 0.25) is 0 Å². The number of aromatic nitrogens is 1. The minimum atomic E-state index is 0.472. The Kier molecular flexibility index (Phi) is 5.38. The summed E-state index contributed by atoms with van der Waals surface area (Å²) in [6, 6.07) is 4.47. The molecule has 0 spiro atoms. The molecule has 112 valence electrons. The molecule has 20 heavy (non-hydrogen) atoms. The van der Waals surface area contributed by atoms with Crippen LogP contribution in [0.4, 0.5) is 5.82 Å². The summed E-state index contributed by atoms with van der Waals surface area (Å²) in [5.74, 6) is 1.62. The summed E-state index contributed by atoms with van der Waals surface area (Å²) in [6.07, 6.45) is 1.21. The van der Waals surface area contributed by atoms with Crippen LogP contribution < -0.4 is 10.2 Å². The van der Waals surface area contributed by atoms with Gasteiger partial charge in [-0.15, -0.1) is 0 Å². The predicted octanol–water partition coefficient (Wildman–Crippen LogP) is 2.07. The van der Waals surface area contributed by atoms with Crippen LogP contribution >= 0.6 is 0 Å². The van der Waals surface area contributed by atoms with E-state index in [1.54, 1.807) is 0 Å². The molecule has 4 nitrogen and oxygen atoms in total. The van der Waals surface area contributed by atoms with Gasteiger partial charge >= 0.3 is 0 Å². The molecule has 1 fully saturated rings. The first-order chi connectivity index (χ1) is 9.60. The van der Waals surface area contributed by atoms with Gasteiger partial charge in [0.15, 0.2) is 0 Å². The van der Waals surface area contributed by atoms with E-state index in [2.05, 4.69) is 48.1 Å². The van der Waals surface area contributed by atoms with Crippen molar-refractivity contribution in [1.82, 2.24) is 15.2 Å². The summed E-state index contributed by atoms with van der Waals surface area (Å²) < 4.78 is 0. The molecule has 0 radical (unpaired) electrons. The van der Waals surface area contributed by atoms with Gasteiger partial charge in [0, 0.05) is 31.9 Å². The van der Waals surface area contributed by atoms with Crippen LogP contribution in [0.15, 0.2) is 12.1 Å². The summed E-state index contributed by atoms with van der Waals surface area (Å²) in [5, 5.41) is 3.25. The van der Waals surface area contributed by atoms with Crippen molar-refractivity contribution in [1.29, 1.82) is 0 Å². The number of rotatable bonds is 4. The van der Waals surface area contributed by atoms with Crippen molar-refractivity contribution in [3.8, 4) is 0 Å². The third kappa shape index (κ3) is 3.93. The van der Waals surface area contributed by atoms with Crippen molar-refractivity contribution in [2.24, 2.45) is 0 Å².